The van der Waals surface area contributed by atoms with Crippen molar-refractivity contribution in [2.75, 3.05) is 18.0 Å². The summed E-state index contributed by atoms with van der Waals surface area (Å²) in [5.74, 6) is -2.25. The number of nitrogens with zero attached hydrogens (tertiary/aromatic N) is 1. The zero-order valence-corrected chi connectivity index (χ0v) is 17.8. The van der Waals surface area contributed by atoms with Crippen LogP contribution in [-0.4, -0.2) is 36.6 Å². The van der Waals surface area contributed by atoms with Gasteiger partial charge in [-0.05, 0) is 42.0 Å². The Labute approximate surface area is 187 Å². The Kier molecular flexibility index (Phi) is 8.73. The van der Waals surface area contributed by atoms with Gasteiger partial charge < -0.3 is 15.7 Å². The molecule has 0 bridgehead atoms. The minimum absolute atomic E-state index is 0.463. The Morgan fingerprint density at radius 1 is 1.19 bits per heavy atom. The van der Waals surface area contributed by atoms with Crippen molar-refractivity contribution in [3.63, 3.8) is 0 Å². The average molecular weight is 477 g/mol. The molecule has 0 saturated carbocycles. The number of carboxylic acid groups (broad SMARTS) is 1. The first-order valence-corrected chi connectivity index (χ1v) is 10.1. The van der Waals surface area contributed by atoms with Crippen LogP contribution in [0, 0.1) is 0 Å². The number of carbonyl (C=O) groups excluding carboxylic acids is 1. The van der Waals surface area contributed by atoms with E-state index in [-0.39, 0.29) is 0 Å². The molecule has 10 heteroatoms. The van der Waals surface area contributed by atoms with Crippen molar-refractivity contribution in [3.8, 4) is 0 Å². The summed E-state index contributed by atoms with van der Waals surface area (Å²) in [4.78, 5) is 22.4. The average Bonchev–Trinajstić information content (AvgIpc) is 2.75. The zero-order chi connectivity index (χ0) is 23.2. The third kappa shape index (κ3) is 6.59. The van der Waals surface area contributed by atoms with Crippen LogP contribution in [-0.2, 0) is 11.3 Å². The highest BCUT2D eigenvalue weighted by Gasteiger charge is 2.38. The van der Waals surface area contributed by atoms with Gasteiger partial charge >= 0.3 is 12.1 Å². The minimum Gasteiger partial charge on any atom is -0.475 e. The van der Waals surface area contributed by atoms with E-state index in [1.54, 1.807) is 12.1 Å². The second-order valence-corrected chi connectivity index (χ2v) is 7.72. The maximum atomic E-state index is 11.3. The van der Waals surface area contributed by atoms with Gasteiger partial charge in [-0.15, -0.1) is 0 Å². The predicted octanol–water partition coefficient (Wildman–Crippen LogP) is 5.28. The van der Waals surface area contributed by atoms with E-state index in [0.29, 0.717) is 28.1 Å². The number of carbonyl (C=O) groups is 2. The van der Waals surface area contributed by atoms with Gasteiger partial charge in [0.2, 0.25) is 0 Å². The molecule has 0 unspecified atom stereocenters. The molecule has 0 spiro atoms. The largest absolute Gasteiger partial charge is 0.490 e. The second kappa shape index (κ2) is 10.8. The van der Waals surface area contributed by atoms with Gasteiger partial charge in [0, 0.05) is 25.2 Å². The number of anilines is 1. The Hall–Kier alpha value is -2.29. The Bertz CT molecular complexity index is 931. The highest BCUT2D eigenvalue weighted by Crippen LogP contribution is 2.38. The lowest BCUT2D eigenvalue weighted by Crippen LogP contribution is -2.33. The summed E-state index contributed by atoms with van der Waals surface area (Å²) in [5.41, 5.74) is 9.59. The number of hydrogen-bond donors (Lipinski definition) is 2. The molecule has 2 aromatic carbocycles. The van der Waals surface area contributed by atoms with E-state index >= 15 is 0 Å². The smallest absolute Gasteiger partial charge is 0.475 e. The first-order chi connectivity index (χ1) is 14.6. The maximum Gasteiger partial charge on any atom is 0.490 e. The Balaban J connectivity index is 0.000000423. The number of halogens is 5. The van der Waals surface area contributed by atoms with E-state index < -0.39 is 12.1 Å². The van der Waals surface area contributed by atoms with Crippen LogP contribution < -0.4 is 10.6 Å². The quantitative estimate of drug-likeness (QED) is 0.586. The van der Waals surface area contributed by atoms with E-state index in [9.17, 15) is 18.0 Å². The number of aldehydes is 1. The van der Waals surface area contributed by atoms with Crippen LogP contribution in [0.4, 0.5) is 18.9 Å². The van der Waals surface area contributed by atoms with E-state index in [4.69, 9.17) is 38.8 Å². The molecule has 0 radical (unpaired) electrons. The van der Waals surface area contributed by atoms with Gasteiger partial charge in [0.25, 0.3) is 0 Å². The molecule has 1 saturated heterocycles. The molecule has 31 heavy (non-hydrogen) atoms. The van der Waals surface area contributed by atoms with Crippen LogP contribution in [0.3, 0.4) is 0 Å². The van der Waals surface area contributed by atoms with Crippen LogP contribution in [0.15, 0.2) is 36.4 Å². The Morgan fingerprint density at radius 3 is 2.32 bits per heavy atom. The van der Waals surface area contributed by atoms with Gasteiger partial charge in [0.05, 0.1) is 15.7 Å². The number of nitrogens with two attached hydrogens (primary N) is 1. The standard InChI is InChI=1S/C19H20Cl2N2O.C2HF3O2/c20-17-5-4-16(12-24)19(18(17)21)23-8-6-14(7-9-23)15-3-1-2-13(10-15)11-22;3-2(4,5)1(6)7/h1-5,10,12,14H,6-9,11,22H2;(H,6,7). The van der Waals surface area contributed by atoms with E-state index in [0.717, 1.165) is 43.5 Å². The van der Waals surface area contributed by atoms with Crippen LogP contribution in [0.2, 0.25) is 10.0 Å². The highest BCUT2D eigenvalue weighted by atomic mass is 35.5. The van der Waals surface area contributed by atoms with E-state index in [2.05, 4.69) is 29.2 Å². The zero-order valence-electron chi connectivity index (χ0n) is 16.3. The molecule has 2 aromatic rings. The van der Waals surface area contributed by atoms with Crippen molar-refractivity contribution in [1.29, 1.82) is 0 Å². The number of benzene rings is 2. The molecular weight excluding hydrogens is 456 g/mol. The van der Waals surface area contributed by atoms with Crippen molar-refractivity contribution >= 4 is 41.1 Å². The van der Waals surface area contributed by atoms with Gasteiger partial charge in [0.1, 0.15) is 0 Å². The lowest BCUT2D eigenvalue weighted by molar-refractivity contribution is -0.192. The molecule has 1 fully saturated rings. The molecule has 1 heterocycles. The lowest BCUT2D eigenvalue weighted by Gasteiger charge is -2.35. The first kappa shape index (κ1) is 25.0. The lowest BCUT2D eigenvalue weighted by atomic mass is 9.88. The summed E-state index contributed by atoms with van der Waals surface area (Å²) >= 11 is 12.5. The van der Waals surface area contributed by atoms with Crippen molar-refractivity contribution < 1.29 is 27.9 Å². The maximum absolute atomic E-state index is 11.3. The fourth-order valence-corrected chi connectivity index (χ4v) is 3.83. The first-order valence-electron chi connectivity index (χ1n) is 9.35. The number of rotatable bonds is 4. The predicted molar refractivity (Wildman–Crippen MR) is 114 cm³/mol. The molecule has 3 rings (SSSR count). The molecule has 0 aliphatic carbocycles. The number of alkyl halides is 3. The highest BCUT2D eigenvalue weighted by molar-refractivity contribution is 6.44. The van der Waals surface area contributed by atoms with Gasteiger partial charge in [-0.3, -0.25) is 4.79 Å². The normalized spacial score (nSPS) is 14.6. The molecule has 0 amide bonds. The topological polar surface area (TPSA) is 83.6 Å². The molecular formula is C21H21Cl2F3N2O3. The van der Waals surface area contributed by atoms with Crippen molar-refractivity contribution in [1.82, 2.24) is 0 Å². The molecule has 0 atom stereocenters. The number of carboxylic acids is 1. The monoisotopic (exact) mass is 476 g/mol. The van der Waals surface area contributed by atoms with E-state index in [1.165, 1.54) is 5.56 Å². The fourth-order valence-electron chi connectivity index (χ4n) is 3.38. The third-order valence-corrected chi connectivity index (χ3v) is 5.73. The second-order valence-electron chi connectivity index (χ2n) is 6.93. The number of hydrogen-bond acceptors (Lipinski definition) is 4. The van der Waals surface area contributed by atoms with Crippen LogP contribution in [0.25, 0.3) is 0 Å². The van der Waals surface area contributed by atoms with Crippen molar-refractivity contribution in [3.05, 3.63) is 63.1 Å². The Morgan fingerprint density at radius 2 is 1.81 bits per heavy atom. The summed E-state index contributed by atoms with van der Waals surface area (Å²) in [6.07, 6.45) is -2.22. The molecule has 1 aliphatic heterocycles. The van der Waals surface area contributed by atoms with Crippen molar-refractivity contribution in [2.45, 2.75) is 31.5 Å². The van der Waals surface area contributed by atoms with Gasteiger partial charge in [-0.1, -0.05) is 47.5 Å². The molecule has 5 nitrogen and oxygen atoms in total. The van der Waals surface area contributed by atoms with Crippen LogP contribution in [0.1, 0.15) is 40.2 Å². The minimum atomic E-state index is -5.08. The summed E-state index contributed by atoms with van der Waals surface area (Å²) < 4.78 is 31.7. The summed E-state index contributed by atoms with van der Waals surface area (Å²) in [7, 11) is 0. The van der Waals surface area contributed by atoms with Gasteiger partial charge in [-0.25, -0.2) is 4.79 Å². The summed E-state index contributed by atoms with van der Waals surface area (Å²) in [5, 5.41) is 8.07. The van der Waals surface area contributed by atoms with Gasteiger partial charge in [-0.2, -0.15) is 13.2 Å². The van der Waals surface area contributed by atoms with Gasteiger partial charge in [0.15, 0.2) is 6.29 Å². The molecule has 0 aromatic heterocycles. The summed E-state index contributed by atoms with van der Waals surface area (Å²) in [6, 6.07) is 11.9. The molecule has 168 valence electrons. The van der Waals surface area contributed by atoms with Crippen molar-refractivity contribution in [2.24, 2.45) is 5.73 Å². The van der Waals surface area contributed by atoms with E-state index in [1.807, 2.05) is 0 Å². The molecule has 1 aliphatic rings. The van der Waals surface area contributed by atoms with Crippen LogP contribution >= 0.6 is 23.2 Å². The number of piperidine rings is 1. The fraction of sp³-hybridized carbons (Fsp3) is 0.333. The third-order valence-electron chi connectivity index (χ3n) is 4.94. The summed E-state index contributed by atoms with van der Waals surface area (Å²) in [6.45, 7) is 2.25. The number of aliphatic carboxylic acids is 1. The molecule has 3 N–H and O–H groups in total. The SMILES string of the molecule is NCc1cccc(C2CCN(c3c(C=O)ccc(Cl)c3Cl)CC2)c1.O=C(O)C(F)(F)F. The van der Waals surface area contributed by atoms with Crippen LogP contribution in [0.5, 0.6) is 0 Å².